The lowest BCUT2D eigenvalue weighted by Gasteiger charge is -2.27. The van der Waals surface area contributed by atoms with E-state index in [0.717, 1.165) is 28.1 Å². The van der Waals surface area contributed by atoms with E-state index in [1.165, 1.54) is 0 Å². The summed E-state index contributed by atoms with van der Waals surface area (Å²) in [5.74, 6) is 6.70. The van der Waals surface area contributed by atoms with Crippen LogP contribution in [0.2, 0.25) is 0 Å². The number of rotatable bonds is 2. The first-order valence-corrected chi connectivity index (χ1v) is 10.6. The van der Waals surface area contributed by atoms with Crippen molar-refractivity contribution in [1.29, 1.82) is 0 Å². The van der Waals surface area contributed by atoms with Gasteiger partial charge in [0.2, 0.25) is 0 Å². The summed E-state index contributed by atoms with van der Waals surface area (Å²) in [5, 5.41) is 0. The van der Waals surface area contributed by atoms with E-state index in [9.17, 15) is 4.79 Å². The number of hydrogen-bond acceptors (Lipinski definition) is 6. The number of benzene rings is 1. The fraction of sp³-hybridized carbons (Fsp3) is 0.200. The van der Waals surface area contributed by atoms with Gasteiger partial charge in [0.1, 0.15) is 11.5 Å². The van der Waals surface area contributed by atoms with Crippen LogP contribution in [0.4, 0.5) is 5.82 Å². The summed E-state index contributed by atoms with van der Waals surface area (Å²) >= 11 is 0. The molecule has 1 saturated heterocycles. The van der Waals surface area contributed by atoms with Crippen molar-refractivity contribution in [2.75, 3.05) is 32.0 Å². The summed E-state index contributed by atoms with van der Waals surface area (Å²) in [5.41, 5.74) is 11.2. The molecular weight excluding hydrogens is 416 g/mol. The third-order valence-corrected chi connectivity index (χ3v) is 5.56. The largest absolute Gasteiger partial charge is 0.384 e. The van der Waals surface area contributed by atoms with E-state index in [1.807, 2.05) is 46.7 Å². The molecule has 33 heavy (non-hydrogen) atoms. The number of aryl methyl sites for hydroxylation is 1. The molecule has 1 fully saturated rings. The van der Waals surface area contributed by atoms with Gasteiger partial charge in [-0.1, -0.05) is 12.0 Å². The van der Waals surface area contributed by atoms with Gasteiger partial charge in [-0.2, -0.15) is 0 Å². The standard InChI is InChI=1S/C25H22N6O2/c1-17-12-19(3-5-21(17)25(32)30-8-10-33-11-9-30)22-16-31-20(14-29-24(31)15-28-22)4-2-18-6-7-27-23(26)13-18/h3,5-7,12-16H,8-11H2,1H3,(H2,26,27). The smallest absolute Gasteiger partial charge is 0.254 e. The number of hydrogen-bond donors (Lipinski definition) is 1. The number of pyridine rings is 1. The Balaban J connectivity index is 1.45. The molecule has 0 unspecified atom stereocenters. The second-order valence-electron chi connectivity index (χ2n) is 7.80. The summed E-state index contributed by atoms with van der Waals surface area (Å²) in [7, 11) is 0. The van der Waals surface area contributed by atoms with Gasteiger partial charge in [-0.15, -0.1) is 0 Å². The molecule has 164 valence electrons. The van der Waals surface area contributed by atoms with Crippen molar-refractivity contribution in [2.24, 2.45) is 0 Å². The molecule has 0 radical (unpaired) electrons. The third-order valence-electron chi connectivity index (χ3n) is 5.56. The highest BCUT2D eigenvalue weighted by Crippen LogP contribution is 2.23. The number of anilines is 1. The molecule has 0 atom stereocenters. The molecule has 8 nitrogen and oxygen atoms in total. The summed E-state index contributed by atoms with van der Waals surface area (Å²) < 4.78 is 7.26. The van der Waals surface area contributed by atoms with E-state index in [1.54, 1.807) is 24.7 Å². The lowest BCUT2D eigenvalue weighted by molar-refractivity contribution is 0.0302. The number of nitrogens with zero attached hydrogens (tertiary/aromatic N) is 5. The highest BCUT2D eigenvalue weighted by molar-refractivity contribution is 5.96. The number of carbonyl (C=O) groups excluding carboxylic acids is 1. The van der Waals surface area contributed by atoms with E-state index in [0.29, 0.717) is 43.3 Å². The first kappa shape index (κ1) is 20.7. The van der Waals surface area contributed by atoms with Crippen molar-refractivity contribution >= 4 is 17.4 Å². The minimum Gasteiger partial charge on any atom is -0.384 e. The van der Waals surface area contributed by atoms with Gasteiger partial charge in [-0.05, 0) is 42.7 Å². The minimum atomic E-state index is 0.0367. The zero-order valence-electron chi connectivity index (χ0n) is 18.2. The molecule has 4 heterocycles. The van der Waals surface area contributed by atoms with Gasteiger partial charge < -0.3 is 15.4 Å². The van der Waals surface area contributed by atoms with Crippen LogP contribution in [0.5, 0.6) is 0 Å². The number of ether oxygens (including phenoxy) is 1. The molecule has 1 aliphatic rings. The lowest BCUT2D eigenvalue weighted by atomic mass is 10.0. The van der Waals surface area contributed by atoms with Crippen molar-refractivity contribution in [1.82, 2.24) is 24.3 Å². The van der Waals surface area contributed by atoms with Gasteiger partial charge >= 0.3 is 0 Å². The monoisotopic (exact) mass is 438 g/mol. The number of carbonyl (C=O) groups is 1. The van der Waals surface area contributed by atoms with Crippen molar-refractivity contribution in [3.05, 3.63) is 77.5 Å². The van der Waals surface area contributed by atoms with Gasteiger partial charge in [-0.3, -0.25) is 14.2 Å². The second kappa shape index (κ2) is 8.73. The number of nitrogen functional groups attached to an aromatic ring is 1. The topological polar surface area (TPSA) is 98.6 Å². The van der Waals surface area contributed by atoms with Crippen molar-refractivity contribution < 1.29 is 9.53 Å². The second-order valence-corrected chi connectivity index (χ2v) is 7.80. The normalized spacial score (nSPS) is 13.5. The molecule has 4 aromatic rings. The highest BCUT2D eigenvalue weighted by Gasteiger charge is 2.20. The summed E-state index contributed by atoms with van der Waals surface area (Å²) in [6.45, 7) is 4.35. The molecule has 0 bridgehead atoms. The van der Waals surface area contributed by atoms with Crippen molar-refractivity contribution in [3.63, 3.8) is 0 Å². The van der Waals surface area contributed by atoms with E-state index >= 15 is 0 Å². The Morgan fingerprint density at radius 3 is 2.70 bits per heavy atom. The number of fused-ring (bicyclic) bond motifs is 1. The van der Waals surface area contributed by atoms with Crippen molar-refractivity contribution in [3.8, 4) is 23.1 Å². The minimum absolute atomic E-state index is 0.0367. The zero-order chi connectivity index (χ0) is 22.8. The molecule has 8 heteroatoms. The molecular formula is C25H22N6O2. The fourth-order valence-electron chi connectivity index (χ4n) is 3.79. The van der Waals surface area contributed by atoms with E-state index in [4.69, 9.17) is 10.5 Å². The lowest BCUT2D eigenvalue weighted by Crippen LogP contribution is -2.40. The Kier molecular flexibility index (Phi) is 5.47. The van der Waals surface area contributed by atoms with Crippen LogP contribution >= 0.6 is 0 Å². The Bertz CT molecular complexity index is 1410. The summed E-state index contributed by atoms with van der Waals surface area (Å²) in [6, 6.07) is 9.32. The fourth-order valence-corrected chi connectivity index (χ4v) is 3.79. The van der Waals surface area contributed by atoms with Gasteiger partial charge in [0.25, 0.3) is 5.91 Å². The van der Waals surface area contributed by atoms with Crippen LogP contribution in [0.3, 0.4) is 0 Å². The molecule has 0 saturated carbocycles. The van der Waals surface area contributed by atoms with Crippen LogP contribution in [-0.4, -0.2) is 56.5 Å². The zero-order valence-corrected chi connectivity index (χ0v) is 18.2. The van der Waals surface area contributed by atoms with Crippen LogP contribution in [-0.2, 0) is 4.74 Å². The summed E-state index contributed by atoms with van der Waals surface area (Å²) in [4.78, 5) is 27.6. The van der Waals surface area contributed by atoms with Crippen LogP contribution in [0.1, 0.15) is 27.2 Å². The van der Waals surface area contributed by atoms with E-state index < -0.39 is 0 Å². The Labute approximate surface area is 191 Å². The molecule has 1 aliphatic heterocycles. The van der Waals surface area contributed by atoms with Gasteiger partial charge in [0.15, 0.2) is 5.65 Å². The molecule has 3 aromatic heterocycles. The molecule has 0 aliphatic carbocycles. The van der Waals surface area contributed by atoms with Gasteiger partial charge in [0.05, 0.1) is 31.3 Å². The number of imidazole rings is 1. The number of nitrogens with two attached hydrogens (primary N) is 1. The Hall–Kier alpha value is -4.22. The van der Waals surface area contributed by atoms with E-state index in [2.05, 4.69) is 26.8 Å². The van der Waals surface area contributed by atoms with Gasteiger partial charge in [0, 0.05) is 42.2 Å². The maximum atomic E-state index is 12.9. The average molecular weight is 438 g/mol. The van der Waals surface area contributed by atoms with Crippen molar-refractivity contribution in [2.45, 2.75) is 6.92 Å². The predicted molar refractivity (Wildman–Crippen MR) is 125 cm³/mol. The highest BCUT2D eigenvalue weighted by atomic mass is 16.5. The Morgan fingerprint density at radius 2 is 1.91 bits per heavy atom. The molecule has 0 spiro atoms. The number of amides is 1. The number of morpholine rings is 1. The molecule has 1 amide bonds. The summed E-state index contributed by atoms with van der Waals surface area (Å²) in [6.07, 6.45) is 6.97. The van der Waals surface area contributed by atoms with Crippen LogP contribution < -0.4 is 5.73 Å². The van der Waals surface area contributed by atoms with Crippen LogP contribution in [0.15, 0.2) is 55.1 Å². The number of aromatic nitrogens is 4. The Morgan fingerprint density at radius 1 is 1.06 bits per heavy atom. The predicted octanol–water partition coefficient (Wildman–Crippen LogP) is 2.55. The van der Waals surface area contributed by atoms with Crippen LogP contribution in [0.25, 0.3) is 16.9 Å². The van der Waals surface area contributed by atoms with Gasteiger partial charge in [-0.25, -0.2) is 9.97 Å². The maximum absolute atomic E-state index is 12.9. The molecule has 1 aromatic carbocycles. The SMILES string of the molecule is Cc1cc(-c2cn3c(C#Cc4ccnc(N)c4)cnc3cn2)ccc1C(=O)N1CCOCC1. The maximum Gasteiger partial charge on any atom is 0.254 e. The molecule has 2 N–H and O–H groups in total. The quantitative estimate of drug-likeness (QED) is 0.483. The third kappa shape index (κ3) is 4.27. The van der Waals surface area contributed by atoms with Crippen LogP contribution in [0, 0.1) is 18.8 Å². The van der Waals surface area contributed by atoms with E-state index in [-0.39, 0.29) is 5.91 Å². The first-order chi connectivity index (χ1) is 16.1. The first-order valence-electron chi connectivity index (χ1n) is 10.6. The average Bonchev–Trinajstić information content (AvgIpc) is 3.25. The molecule has 5 rings (SSSR count).